The number of nitrogens with zero attached hydrogens (tertiary/aromatic N) is 1. The molecule has 26 heavy (non-hydrogen) atoms. The maximum Gasteiger partial charge on any atom is 0.291 e. The fourth-order valence-corrected chi connectivity index (χ4v) is 3.32. The summed E-state index contributed by atoms with van der Waals surface area (Å²) >= 11 is 0. The molecule has 1 aliphatic rings. The zero-order chi connectivity index (χ0) is 17.9. The predicted octanol–water partition coefficient (Wildman–Crippen LogP) is 4.31. The van der Waals surface area contributed by atoms with Crippen molar-refractivity contribution in [3.63, 3.8) is 0 Å². The summed E-state index contributed by atoms with van der Waals surface area (Å²) < 4.78 is 5.61. The predicted molar refractivity (Wildman–Crippen MR) is 100 cm³/mol. The Morgan fingerprint density at radius 3 is 2.46 bits per heavy atom. The minimum absolute atomic E-state index is 0.0368. The van der Waals surface area contributed by atoms with E-state index in [4.69, 9.17) is 4.42 Å². The molecule has 3 aromatic rings. The molecule has 0 saturated carbocycles. The van der Waals surface area contributed by atoms with Crippen molar-refractivity contribution in [3.8, 4) is 0 Å². The van der Waals surface area contributed by atoms with Crippen LogP contribution in [-0.4, -0.2) is 29.8 Å². The number of para-hydroxylation sites is 2. The summed E-state index contributed by atoms with van der Waals surface area (Å²) in [6, 6.07) is 16.3. The van der Waals surface area contributed by atoms with Crippen LogP contribution < -0.4 is 5.32 Å². The third kappa shape index (κ3) is 3.20. The Hall–Kier alpha value is -3.08. The lowest BCUT2D eigenvalue weighted by molar-refractivity contribution is 0.0725. The molecule has 1 aliphatic heterocycles. The van der Waals surface area contributed by atoms with E-state index < -0.39 is 0 Å². The quantitative estimate of drug-likeness (QED) is 0.767. The Bertz CT molecular complexity index is 922. The van der Waals surface area contributed by atoms with Crippen LogP contribution in [0.25, 0.3) is 11.0 Å². The Labute approximate surface area is 151 Å². The van der Waals surface area contributed by atoms with Crippen molar-refractivity contribution in [1.82, 2.24) is 4.90 Å². The van der Waals surface area contributed by atoms with E-state index in [0.29, 0.717) is 16.8 Å². The lowest BCUT2D eigenvalue weighted by atomic mass is 10.1. The van der Waals surface area contributed by atoms with Crippen LogP contribution in [0.15, 0.2) is 59.0 Å². The molecule has 4 rings (SSSR count). The third-order valence-electron chi connectivity index (χ3n) is 4.70. The molecule has 0 bridgehead atoms. The number of rotatable bonds is 3. The van der Waals surface area contributed by atoms with Gasteiger partial charge in [0, 0.05) is 18.5 Å². The smallest absolute Gasteiger partial charge is 0.291 e. The minimum Gasteiger partial charge on any atom is -0.451 e. The van der Waals surface area contributed by atoms with Crippen molar-refractivity contribution >= 4 is 28.5 Å². The molecule has 1 saturated heterocycles. The van der Waals surface area contributed by atoms with Crippen LogP contribution in [0.2, 0.25) is 0 Å². The van der Waals surface area contributed by atoms with Gasteiger partial charge < -0.3 is 14.6 Å². The lowest BCUT2D eigenvalue weighted by Crippen LogP contribution is -2.36. The molecule has 0 spiro atoms. The van der Waals surface area contributed by atoms with E-state index >= 15 is 0 Å². The van der Waals surface area contributed by atoms with Gasteiger partial charge in [-0.2, -0.15) is 0 Å². The number of nitrogens with one attached hydrogen (secondary N) is 1. The molecule has 1 fully saturated rings. The number of carbonyl (C=O) groups excluding carboxylic acids is 2. The molecule has 0 unspecified atom stereocenters. The van der Waals surface area contributed by atoms with Gasteiger partial charge in [0.15, 0.2) is 5.76 Å². The highest BCUT2D eigenvalue weighted by Gasteiger charge is 2.22. The molecule has 2 aromatic carbocycles. The van der Waals surface area contributed by atoms with Gasteiger partial charge in [-0.15, -0.1) is 0 Å². The summed E-state index contributed by atoms with van der Waals surface area (Å²) in [6.07, 6.45) is 3.21. The molecule has 2 heterocycles. The molecule has 0 aliphatic carbocycles. The van der Waals surface area contributed by atoms with E-state index in [9.17, 15) is 9.59 Å². The number of benzene rings is 2. The molecule has 0 atom stereocenters. The van der Waals surface area contributed by atoms with E-state index in [0.717, 1.165) is 37.7 Å². The van der Waals surface area contributed by atoms with Crippen LogP contribution in [0.3, 0.4) is 0 Å². The number of piperidine rings is 1. The average Bonchev–Trinajstić information content (AvgIpc) is 3.13. The molecule has 1 N–H and O–H groups in total. The van der Waals surface area contributed by atoms with Gasteiger partial charge in [0.25, 0.3) is 11.8 Å². The van der Waals surface area contributed by atoms with E-state index in [1.165, 1.54) is 0 Å². The van der Waals surface area contributed by atoms with Gasteiger partial charge >= 0.3 is 0 Å². The molecule has 0 radical (unpaired) electrons. The number of likely N-dealkylation sites (tertiary alicyclic amines) is 1. The highest BCUT2D eigenvalue weighted by molar-refractivity contribution is 6.09. The second-order valence-corrected chi connectivity index (χ2v) is 6.50. The first-order chi connectivity index (χ1) is 12.7. The number of amides is 2. The summed E-state index contributed by atoms with van der Waals surface area (Å²) in [5, 5.41) is 3.70. The summed E-state index contributed by atoms with van der Waals surface area (Å²) in [4.78, 5) is 27.3. The van der Waals surface area contributed by atoms with Crippen molar-refractivity contribution in [1.29, 1.82) is 0 Å². The van der Waals surface area contributed by atoms with Crippen molar-refractivity contribution in [2.24, 2.45) is 0 Å². The standard InChI is InChI=1S/C21H20N2O3/c24-20(19-14-15-8-2-5-11-18(15)26-19)22-17-10-4-3-9-16(17)21(25)23-12-6-1-7-13-23/h2-5,8-11,14H,1,6-7,12-13H2,(H,22,24). The molecule has 132 valence electrons. The van der Waals surface area contributed by atoms with Crippen LogP contribution in [-0.2, 0) is 0 Å². The Kier molecular flexibility index (Phi) is 4.44. The van der Waals surface area contributed by atoms with E-state index in [2.05, 4.69) is 5.32 Å². The van der Waals surface area contributed by atoms with Gasteiger partial charge in [0.05, 0.1) is 11.3 Å². The second kappa shape index (κ2) is 7.04. The fraction of sp³-hybridized carbons (Fsp3) is 0.238. The number of hydrogen-bond acceptors (Lipinski definition) is 3. The molecular weight excluding hydrogens is 328 g/mol. The molecule has 5 nitrogen and oxygen atoms in total. The SMILES string of the molecule is O=C(Nc1ccccc1C(=O)N1CCCCC1)c1cc2ccccc2o1. The van der Waals surface area contributed by atoms with Gasteiger partial charge in [0.2, 0.25) is 0 Å². The van der Waals surface area contributed by atoms with E-state index in [1.807, 2.05) is 35.2 Å². The first-order valence-electron chi connectivity index (χ1n) is 8.90. The third-order valence-corrected chi connectivity index (χ3v) is 4.70. The number of fused-ring (bicyclic) bond motifs is 1. The van der Waals surface area contributed by atoms with E-state index in [-0.39, 0.29) is 17.6 Å². The lowest BCUT2D eigenvalue weighted by Gasteiger charge is -2.27. The Morgan fingerprint density at radius 1 is 0.923 bits per heavy atom. The summed E-state index contributed by atoms with van der Waals surface area (Å²) in [5.41, 5.74) is 1.68. The maximum atomic E-state index is 12.8. The van der Waals surface area contributed by atoms with Gasteiger partial charge in [-0.3, -0.25) is 9.59 Å². The summed E-state index contributed by atoms with van der Waals surface area (Å²) in [6.45, 7) is 1.54. The normalized spacial score (nSPS) is 14.4. The molecule has 1 aromatic heterocycles. The molecule has 2 amide bonds. The van der Waals surface area contributed by atoms with Gasteiger partial charge in [-0.05, 0) is 43.5 Å². The first kappa shape index (κ1) is 16.4. The second-order valence-electron chi connectivity index (χ2n) is 6.50. The van der Waals surface area contributed by atoms with E-state index in [1.54, 1.807) is 24.3 Å². The highest BCUT2D eigenvalue weighted by atomic mass is 16.3. The zero-order valence-electron chi connectivity index (χ0n) is 14.4. The first-order valence-corrected chi connectivity index (χ1v) is 8.90. The highest BCUT2D eigenvalue weighted by Crippen LogP contribution is 2.23. The number of anilines is 1. The van der Waals surface area contributed by atoms with Crippen molar-refractivity contribution in [2.75, 3.05) is 18.4 Å². The summed E-state index contributed by atoms with van der Waals surface area (Å²) in [5.74, 6) is -0.170. The van der Waals surface area contributed by atoms with Gasteiger partial charge in [0.1, 0.15) is 5.58 Å². The Morgan fingerprint density at radius 2 is 1.65 bits per heavy atom. The minimum atomic E-state index is -0.361. The molecular formula is C21H20N2O3. The van der Waals surface area contributed by atoms with Crippen molar-refractivity contribution in [3.05, 3.63) is 65.9 Å². The van der Waals surface area contributed by atoms with Crippen LogP contribution in [0, 0.1) is 0 Å². The van der Waals surface area contributed by atoms with Crippen LogP contribution in [0.5, 0.6) is 0 Å². The largest absolute Gasteiger partial charge is 0.451 e. The van der Waals surface area contributed by atoms with Crippen molar-refractivity contribution < 1.29 is 14.0 Å². The Balaban J connectivity index is 1.58. The van der Waals surface area contributed by atoms with Crippen LogP contribution in [0.4, 0.5) is 5.69 Å². The van der Waals surface area contributed by atoms with Gasteiger partial charge in [-0.25, -0.2) is 0 Å². The van der Waals surface area contributed by atoms with Crippen molar-refractivity contribution in [2.45, 2.75) is 19.3 Å². The monoisotopic (exact) mass is 348 g/mol. The summed E-state index contributed by atoms with van der Waals surface area (Å²) in [7, 11) is 0. The number of carbonyl (C=O) groups is 2. The topological polar surface area (TPSA) is 62.6 Å². The molecule has 5 heteroatoms. The van der Waals surface area contributed by atoms with Crippen LogP contribution >= 0.6 is 0 Å². The van der Waals surface area contributed by atoms with Gasteiger partial charge in [-0.1, -0.05) is 30.3 Å². The average molecular weight is 348 g/mol. The van der Waals surface area contributed by atoms with Crippen LogP contribution in [0.1, 0.15) is 40.2 Å². The zero-order valence-corrected chi connectivity index (χ0v) is 14.4. The maximum absolute atomic E-state index is 12.8. The fourth-order valence-electron chi connectivity index (χ4n) is 3.32. The number of furan rings is 1. The number of hydrogen-bond donors (Lipinski definition) is 1.